The highest BCUT2D eigenvalue weighted by Gasteiger charge is 2.27. The van der Waals surface area contributed by atoms with E-state index in [9.17, 15) is 18.8 Å². The average molecular weight is 534 g/mol. The molecule has 0 radical (unpaired) electrons. The first-order valence-corrected chi connectivity index (χ1v) is 12.3. The van der Waals surface area contributed by atoms with Gasteiger partial charge >= 0.3 is 6.09 Å². The zero-order chi connectivity index (χ0) is 27.2. The molecule has 0 fully saturated rings. The van der Waals surface area contributed by atoms with Gasteiger partial charge in [0.15, 0.2) is 5.13 Å². The summed E-state index contributed by atoms with van der Waals surface area (Å²) in [5.41, 5.74) is 13.7. The summed E-state index contributed by atoms with van der Waals surface area (Å²) in [6, 6.07) is 20.1. The van der Waals surface area contributed by atoms with Crippen molar-refractivity contribution in [2.45, 2.75) is 19.6 Å². The Kier molecular flexibility index (Phi) is 7.97. The number of nitrogen functional groups attached to an aromatic ring is 1. The molecule has 0 aliphatic carbocycles. The molecule has 0 unspecified atom stereocenters. The molecule has 0 aliphatic rings. The predicted octanol–water partition coefficient (Wildman–Crippen LogP) is 4.86. The molecule has 0 aliphatic heterocycles. The van der Waals surface area contributed by atoms with Crippen LogP contribution < -0.4 is 21.7 Å². The molecule has 0 saturated carbocycles. The third kappa shape index (κ3) is 6.13. The third-order valence-corrected chi connectivity index (χ3v) is 6.63. The smallest absolute Gasteiger partial charge is 0.411 e. The van der Waals surface area contributed by atoms with E-state index < -0.39 is 29.6 Å². The Morgan fingerprint density at radius 2 is 1.68 bits per heavy atom. The maximum Gasteiger partial charge on any atom is 0.411 e. The Morgan fingerprint density at radius 1 is 1.03 bits per heavy atom. The first-order chi connectivity index (χ1) is 18.2. The second kappa shape index (κ2) is 11.5. The van der Waals surface area contributed by atoms with Gasteiger partial charge in [-0.1, -0.05) is 41.7 Å². The van der Waals surface area contributed by atoms with Crippen molar-refractivity contribution in [1.82, 2.24) is 4.98 Å². The van der Waals surface area contributed by atoms with Gasteiger partial charge in [-0.15, -0.1) is 0 Å². The van der Waals surface area contributed by atoms with E-state index in [1.165, 1.54) is 41.3 Å². The largest absolute Gasteiger partial charge is 0.444 e. The minimum Gasteiger partial charge on any atom is -0.444 e. The van der Waals surface area contributed by atoms with Crippen LogP contribution in [0.2, 0.25) is 0 Å². The van der Waals surface area contributed by atoms with Crippen LogP contribution in [0.3, 0.4) is 0 Å². The van der Waals surface area contributed by atoms with Crippen LogP contribution in [0.15, 0.2) is 78.9 Å². The molecule has 1 aromatic heterocycles. The zero-order valence-corrected chi connectivity index (χ0v) is 21.1. The quantitative estimate of drug-likeness (QED) is 0.261. The molecular weight excluding hydrogens is 509 g/mol. The van der Waals surface area contributed by atoms with Crippen molar-refractivity contribution in [1.29, 1.82) is 0 Å². The number of ether oxygens (including phenoxy) is 1. The maximum atomic E-state index is 13.5. The van der Waals surface area contributed by atoms with Gasteiger partial charge in [0.05, 0.1) is 0 Å². The van der Waals surface area contributed by atoms with Gasteiger partial charge in [0.25, 0.3) is 0 Å². The molecule has 2 amide bonds. The van der Waals surface area contributed by atoms with Crippen molar-refractivity contribution in [3.05, 3.63) is 101 Å². The molecule has 5 N–H and O–H groups in total. The second-order valence-electron chi connectivity index (χ2n) is 8.23. The van der Waals surface area contributed by atoms with Gasteiger partial charge in [0.1, 0.15) is 29.2 Å². The summed E-state index contributed by atoms with van der Waals surface area (Å²) in [5.74, 6) is -1.50. The van der Waals surface area contributed by atoms with Gasteiger partial charge in [0.2, 0.25) is 11.7 Å². The monoisotopic (exact) mass is 533 g/mol. The second-order valence-corrected chi connectivity index (χ2v) is 9.21. The van der Waals surface area contributed by atoms with Crippen LogP contribution in [-0.4, -0.2) is 28.8 Å². The third-order valence-electron chi connectivity index (χ3n) is 5.56. The molecular formula is C27H24FN5O4S. The molecule has 1 heterocycles. The molecule has 9 nitrogen and oxygen atoms in total. The van der Waals surface area contributed by atoms with E-state index in [1.807, 2.05) is 30.3 Å². The van der Waals surface area contributed by atoms with Crippen molar-refractivity contribution >= 4 is 51.4 Å². The number of hydrogen-bond donors (Lipinski definition) is 3. The number of nitrogens with zero attached hydrogens (tertiary/aromatic N) is 2. The lowest BCUT2D eigenvalue weighted by molar-refractivity contribution is -0.118. The van der Waals surface area contributed by atoms with Gasteiger partial charge < -0.3 is 21.1 Å². The van der Waals surface area contributed by atoms with Crippen molar-refractivity contribution in [2.75, 3.05) is 16.0 Å². The highest BCUT2D eigenvalue weighted by molar-refractivity contribution is 7.18. The topological polar surface area (TPSA) is 141 Å². The van der Waals surface area contributed by atoms with Gasteiger partial charge in [-0.25, -0.2) is 14.2 Å². The summed E-state index contributed by atoms with van der Waals surface area (Å²) in [6.07, 6.45) is -0.631. The number of benzene rings is 3. The number of halogens is 1. The number of ketones is 1. The van der Waals surface area contributed by atoms with Crippen LogP contribution in [0, 0.1) is 5.82 Å². The molecule has 194 valence electrons. The maximum absolute atomic E-state index is 13.5. The SMILES string of the molecule is C[C@H](C(N)=O)N(c1ccc(F)cc1)c1nc(N)c(C(=O)c2ccc(NC(=O)OCc3ccccc3)cc2)s1. The lowest BCUT2D eigenvalue weighted by atomic mass is 10.1. The van der Waals surface area contributed by atoms with E-state index in [1.54, 1.807) is 19.1 Å². The number of hydrogen-bond acceptors (Lipinski definition) is 8. The number of aromatic nitrogens is 1. The first-order valence-electron chi connectivity index (χ1n) is 11.5. The van der Waals surface area contributed by atoms with Gasteiger partial charge in [-0.05, 0) is 61.0 Å². The predicted molar refractivity (Wildman–Crippen MR) is 144 cm³/mol. The van der Waals surface area contributed by atoms with Crippen LogP contribution in [0.5, 0.6) is 0 Å². The molecule has 0 spiro atoms. The molecule has 4 aromatic rings. The number of nitrogens with one attached hydrogen (secondary N) is 1. The van der Waals surface area contributed by atoms with Crippen molar-refractivity contribution in [3.8, 4) is 0 Å². The van der Waals surface area contributed by atoms with E-state index in [-0.39, 0.29) is 22.4 Å². The number of carbonyl (C=O) groups excluding carboxylic acids is 3. The Hall–Kier alpha value is -4.77. The summed E-state index contributed by atoms with van der Waals surface area (Å²) < 4.78 is 18.7. The summed E-state index contributed by atoms with van der Waals surface area (Å²) in [5, 5.41) is 2.86. The van der Waals surface area contributed by atoms with Crippen molar-refractivity contribution in [2.24, 2.45) is 5.73 Å². The molecule has 0 bridgehead atoms. The Labute approximate surface area is 221 Å². The fraction of sp³-hybridized carbons (Fsp3) is 0.111. The molecule has 4 rings (SSSR count). The number of nitrogens with two attached hydrogens (primary N) is 2. The van der Waals surface area contributed by atoms with Crippen LogP contribution in [0.1, 0.15) is 27.7 Å². The number of carbonyl (C=O) groups is 3. The fourth-order valence-electron chi connectivity index (χ4n) is 3.53. The molecule has 11 heteroatoms. The molecule has 0 saturated heterocycles. The number of anilines is 4. The van der Waals surface area contributed by atoms with Crippen LogP contribution >= 0.6 is 11.3 Å². The highest BCUT2D eigenvalue weighted by atomic mass is 32.1. The normalized spacial score (nSPS) is 11.4. The summed E-state index contributed by atoms with van der Waals surface area (Å²) in [4.78, 5) is 43.2. The minimum absolute atomic E-state index is 0.0227. The lowest BCUT2D eigenvalue weighted by Crippen LogP contribution is -2.39. The lowest BCUT2D eigenvalue weighted by Gasteiger charge is -2.26. The number of thiazole rings is 1. The van der Waals surface area contributed by atoms with Crippen molar-refractivity contribution in [3.63, 3.8) is 0 Å². The van der Waals surface area contributed by atoms with Gasteiger partial charge in [-0.3, -0.25) is 14.9 Å². The van der Waals surface area contributed by atoms with E-state index in [0.717, 1.165) is 16.9 Å². The number of amides is 2. The van der Waals surface area contributed by atoms with Crippen LogP contribution in [0.25, 0.3) is 0 Å². The zero-order valence-electron chi connectivity index (χ0n) is 20.3. The molecule has 3 aromatic carbocycles. The number of primary amides is 1. The fourth-order valence-corrected chi connectivity index (χ4v) is 4.58. The molecule has 1 atom stereocenters. The van der Waals surface area contributed by atoms with Crippen LogP contribution in [-0.2, 0) is 16.1 Å². The standard InChI is InChI=1S/C27H24FN5O4S/c1-16(25(30)35)33(21-13-9-19(28)10-14-21)26-32-24(29)23(38-26)22(34)18-7-11-20(12-8-18)31-27(36)37-15-17-5-3-2-4-6-17/h2-14,16H,15,29H2,1H3,(H2,30,35)(H,31,36)/t16-/m1/s1. The minimum atomic E-state index is -0.846. The van der Waals surface area contributed by atoms with Gasteiger partial charge in [-0.2, -0.15) is 0 Å². The molecule has 38 heavy (non-hydrogen) atoms. The van der Waals surface area contributed by atoms with Crippen LogP contribution in [0.4, 0.5) is 31.5 Å². The Bertz CT molecular complexity index is 1440. The van der Waals surface area contributed by atoms with Gasteiger partial charge in [0, 0.05) is 16.9 Å². The van der Waals surface area contributed by atoms with E-state index >= 15 is 0 Å². The average Bonchev–Trinajstić information content (AvgIpc) is 3.30. The van der Waals surface area contributed by atoms with E-state index in [0.29, 0.717) is 16.9 Å². The Morgan fingerprint density at radius 3 is 2.32 bits per heavy atom. The van der Waals surface area contributed by atoms with Crippen molar-refractivity contribution < 1.29 is 23.5 Å². The number of rotatable bonds is 9. The van der Waals surface area contributed by atoms with E-state index in [2.05, 4.69) is 10.3 Å². The summed E-state index contributed by atoms with van der Waals surface area (Å²) in [6.45, 7) is 1.70. The van der Waals surface area contributed by atoms with E-state index in [4.69, 9.17) is 16.2 Å². The summed E-state index contributed by atoms with van der Waals surface area (Å²) in [7, 11) is 0. The first kappa shape index (κ1) is 26.3. The Balaban J connectivity index is 1.49. The summed E-state index contributed by atoms with van der Waals surface area (Å²) >= 11 is 0.984. The highest BCUT2D eigenvalue weighted by Crippen LogP contribution is 2.36.